The van der Waals surface area contributed by atoms with E-state index in [1.807, 2.05) is 30.3 Å². The van der Waals surface area contributed by atoms with Gasteiger partial charge in [0.2, 0.25) is 0 Å². The Morgan fingerprint density at radius 1 is 0.944 bits per heavy atom. The van der Waals surface area contributed by atoms with Crippen molar-refractivity contribution in [3.8, 4) is 6.07 Å². The van der Waals surface area contributed by atoms with Gasteiger partial charge in [-0.3, -0.25) is 0 Å². The standard InChI is InChI=1S/C17H15N/c1-13-8-9-16(12-14(13)2)17(10-11-18)15-6-4-3-5-7-15/h3-10,12H,1-2H3/b17-10+. The molecule has 2 aromatic carbocycles. The van der Waals surface area contributed by atoms with Crippen molar-refractivity contribution in [1.82, 2.24) is 0 Å². The molecule has 0 aromatic heterocycles. The highest BCUT2D eigenvalue weighted by atomic mass is 14.2. The summed E-state index contributed by atoms with van der Waals surface area (Å²) in [4.78, 5) is 0. The molecule has 2 rings (SSSR count). The summed E-state index contributed by atoms with van der Waals surface area (Å²) in [7, 11) is 0. The Balaban J connectivity index is 2.53. The molecule has 0 fully saturated rings. The third kappa shape index (κ3) is 2.49. The van der Waals surface area contributed by atoms with E-state index in [0.717, 1.165) is 16.7 Å². The molecule has 0 heterocycles. The van der Waals surface area contributed by atoms with Gasteiger partial charge in [0.25, 0.3) is 0 Å². The van der Waals surface area contributed by atoms with Crippen molar-refractivity contribution in [2.45, 2.75) is 13.8 Å². The number of hydrogen-bond donors (Lipinski definition) is 0. The predicted octanol–water partition coefficient (Wildman–Crippen LogP) is 4.26. The van der Waals surface area contributed by atoms with Crippen LogP contribution in [-0.2, 0) is 0 Å². The van der Waals surface area contributed by atoms with Crippen LogP contribution in [0.3, 0.4) is 0 Å². The van der Waals surface area contributed by atoms with Crippen molar-refractivity contribution in [2.24, 2.45) is 0 Å². The molecule has 88 valence electrons. The van der Waals surface area contributed by atoms with E-state index in [0.29, 0.717) is 0 Å². The Kier molecular flexibility index (Phi) is 3.60. The van der Waals surface area contributed by atoms with E-state index in [1.165, 1.54) is 11.1 Å². The first-order chi connectivity index (χ1) is 8.72. The monoisotopic (exact) mass is 233 g/mol. The van der Waals surface area contributed by atoms with Gasteiger partial charge in [0.05, 0.1) is 6.07 Å². The third-order valence-corrected chi connectivity index (χ3v) is 3.11. The molecule has 0 radical (unpaired) electrons. The summed E-state index contributed by atoms with van der Waals surface area (Å²) in [6.07, 6.45) is 1.61. The smallest absolute Gasteiger partial charge is 0.0918 e. The van der Waals surface area contributed by atoms with Gasteiger partial charge in [-0.1, -0.05) is 48.5 Å². The zero-order valence-electron chi connectivity index (χ0n) is 10.6. The van der Waals surface area contributed by atoms with E-state index in [1.54, 1.807) is 6.08 Å². The van der Waals surface area contributed by atoms with Crippen LogP contribution in [0.25, 0.3) is 5.57 Å². The van der Waals surface area contributed by atoms with E-state index >= 15 is 0 Å². The number of rotatable bonds is 2. The van der Waals surface area contributed by atoms with Crippen molar-refractivity contribution >= 4 is 5.57 Å². The van der Waals surface area contributed by atoms with Crippen molar-refractivity contribution in [2.75, 3.05) is 0 Å². The Bertz CT molecular complexity index is 616. The van der Waals surface area contributed by atoms with Crippen LogP contribution >= 0.6 is 0 Å². The maximum atomic E-state index is 8.96. The van der Waals surface area contributed by atoms with Gasteiger partial charge in [-0.2, -0.15) is 5.26 Å². The summed E-state index contributed by atoms with van der Waals surface area (Å²) in [5.41, 5.74) is 5.64. The number of aryl methyl sites for hydroxylation is 2. The summed E-state index contributed by atoms with van der Waals surface area (Å²) in [5, 5.41) is 8.96. The first kappa shape index (κ1) is 12.1. The molecule has 0 atom stereocenters. The second kappa shape index (κ2) is 5.33. The van der Waals surface area contributed by atoms with Crippen molar-refractivity contribution in [3.63, 3.8) is 0 Å². The van der Waals surface area contributed by atoms with E-state index in [9.17, 15) is 0 Å². The number of hydrogen-bond acceptors (Lipinski definition) is 1. The average molecular weight is 233 g/mol. The molecule has 0 aliphatic heterocycles. The molecule has 0 amide bonds. The fourth-order valence-corrected chi connectivity index (χ4v) is 1.92. The lowest BCUT2D eigenvalue weighted by Crippen LogP contribution is -1.90. The van der Waals surface area contributed by atoms with Crippen molar-refractivity contribution in [3.05, 3.63) is 76.9 Å². The van der Waals surface area contributed by atoms with Crippen LogP contribution in [-0.4, -0.2) is 0 Å². The van der Waals surface area contributed by atoms with Gasteiger partial charge in [-0.05, 0) is 41.7 Å². The summed E-state index contributed by atoms with van der Waals surface area (Å²) >= 11 is 0. The molecular weight excluding hydrogens is 218 g/mol. The predicted molar refractivity (Wildman–Crippen MR) is 75.1 cm³/mol. The molecule has 0 N–H and O–H groups in total. The van der Waals surface area contributed by atoms with Crippen LogP contribution in [0.4, 0.5) is 0 Å². The van der Waals surface area contributed by atoms with Crippen molar-refractivity contribution in [1.29, 1.82) is 5.26 Å². The van der Waals surface area contributed by atoms with Gasteiger partial charge in [-0.15, -0.1) is 0 Å². The van der Waals surface area contributed by atoms with Crippen LogP contribution < -0.4 is 0 Å². The van der Waals surface area contributed by atoms with Crippen LogP contribution in [0.5, 0.6) is 0 Å². The van der Waals surface area contributed by atoms with Gasteiger partial charge in [-0.25, -0.2) is 0 Å². The molecule has 0 aliphatic carbocycles. The number of benzene rings is 2. The quantitative estimate of drug-likeness (QED) is 0.711. The van der Waals surface area contributed by atoms with Crippen LogP contribution in [0.15, 0.2) is 54.6 Å². The highest BCUT2D eigenvalue weighted by molar-refractivity contribution is 5.81. The zero-order valence-corrected chi connectivity index (χ0v) is 10.6. The highest BCUT2D eigenvalue weighted by Gasteiger charge is 2.05. The van der Waals surface area contributed by atoms with Crippen LogP contribution in [0, 0.1) is 25.2 Å². The lowest BCUT2D eigenvalue weighted by atomic mass is 9.95. The maximum Gasteiger partial charge on any atom is 0.0918 e. The second-order valence-corrected chi connectivity index (χ2v) is 4.35. The van der Waals surface area contributed by atoms with Gasteiger partial charge >= 0.3 is 0 Å². The minimum absolute atomic E-state index is 0.973. The normalized spacial score (nSPS) is 11.1. The highest BCUT2D eigenvalue weighted by Crippen LogP contribution is 2.24. The van der Waals surface area contributed by atoms with Gasteiger partial charge in [0.1, 0.15) is 0 Å². The molecule has 0 bridgehead atoms. The zero-order chi connectivity index (χ0) is 13.0. The summed E-state index contributed by atoms with van der Waals surface area (Å²) in [5.74, 6) is 0. The molecule has 0 saturated heterocycles. The van der Waals surface area contributed by atoms with Crippen LogP contribution in [0.1, 0.15) is 22.3 Å². The Hall–Kier alpha value is -2.33. The molecular formula is C17H15N. The Morgan fingerprint density at radius 2 is 1.67 bits per heavy atom. The summed E-state index contributed by atoms with van der Waals surface area (Å²) in [6.45, 7) is 4.18. The van der Waals surface area contributed by atoms with Gasteiger partial charge in [0, 0.05) is 6.08 Å². The topological polar surface area (TPSA) is 23.8 Å². The van der Waals surface area contributed by atoms with Crippen LogP contribution in [0.2, 0.25) is 0 Å². The molecule has 0 saturated carbocycles. The van der Waals surface area contributed by atoms with E-state index in [4.69, 9.17) is 5.26 Å². The molecule has 1 heteroatoms. The fraction of sp³-hybridized carbons (Fsp3) is 0.118. The lowest BCUT2D eigenvalue weighted by Gasteiger charge is -2.09. The lowest BCUT2D eigenvalue weighted by molar-refractivity contribution is 1.33. The van der Waals surface area contributed by atoms with E-state index in [2.05, 4.69) is 38.1 Å². The third-order valence-electron chi connectivity index (χ3n) is 3.11. The maximum absolute atomic E-state index is 8.96. The van der Waals surface area contributed by atoms with Crippen molar-refractivity contribution < 1.29 is 0 Å². The SMILES string of the molecule is Cc1ccc(/C(=C/C#N)c2ccccc2)cc1C. The Labute approximate surface area is 108 Å². The molecule has 18 heavy (non-hydrogen) atoms. The first-order valence-electron chi connectivity index (χ1n) is 5.95. The molecule has 1 nitrogen and oxygen atoms in total. The first-order valence-corrected chi connectivity index (χ1v) is 5.95. The number of nitrogens with zero attached hydrogens (tertiary/aromatic N) is 1. The minimum atomic E-state index is 0.973. The van der Waals surface area contributed by atoms with E-state index in [-0.39, 0.29) is 0 Å². The van der Waals surface area contributed by atoms with Gasteiger partial charge in [0.15, 0.2) is 0 Å². The fourth-order valence-electron chi connectivity index (χ4n) is 1.92. The Morgan fingerprint density at radius 3 is 2.28 bits per heavy atom. The molecule has 0 spiro atoms. The summed E-state index contributed by atoms with van der Waals surface area (Å²) in [6, 6.07) is 18.4. The molecule has 2 aromatic rings. The average Bonchev–Trinajstić information content (AvgIpc) is 2.40. The number of allylic oxidation sites excluding steroid dienone is 1. The van der Waals surface area contributed by atoms with E-state index < -0.39 is 0 Å². The largest absolute Gasteiger partial charge is 0.193 e. The minimum Gasteiger partial charge on any atom is -0.193 e. The number of nitriles is 1. The molecule has 0 unspecified atom stereocenters. The summed E-state index contributed by atoms with van der Waals surface area (Å²) < 4.78 is 0. The molecule has 0 aliphatic rings. The van der Waals surface area contributed by atoms with Gasteiger partial charge < -0.3 is 0 Å². The second-order valence-electron chi connectivity index (χ2n) is 4.35.